The first-order valence-electron chi connectivity index (χ1n) is 7.08. The Balaban J connectivity index is 1.89. The van der Waals surface area contributed by atoms with E-state index in [2.05, 4.69) is 10.2 Å². The molecule has 0 bridgehead atoms. The van der Waals surface area contributed by atoms with E-state index in [-0.39, 0.29) is 17.9 Å². The van der Waals surface area contributed by atoms with Crippen molar-refractivity contribution in [1.82, 2.24) is 4.90 Å². The maximum Gasteiger partial charge on any atom is 0.238 e. The molecule has 2 atom stereocenters. The number of carbonyl (C=O) groups is 1. The number of nitrogens with one attached hydrogen (secondary N) is 1. The highest BCUT2D eigenvalue weighted by molar-refractivity contribution is 5.93. The van der Waals surface area contributed by atoms with Crippen LogP contribution in [0.1, 0.15) is 18.9 Å². The highest BCUT2D eigenvalue weighted by Crippen LogP contribution is 2.17. The van der Waals surface area contributed by atoms with Crippen molar-refractivity contribution >= 4 is 11.6 Å². The maximum atomic E-state index is 12.1. The molecule has 1 saturated heterocycles. The van der Waals surface area contributed by atoms with Crippen LogP contribution in [-0.4, -0.2) is 41.7 Å². The third-order valence-electron chi connectivity index (χ3n) is 3.82. The third kappa shape index (κ3) is 3.79. The zero-order chi connectivity index (χ0) is 14.5. The van der Waals surface area contributed by atoms with Crippen molar-refractivity contribution in [3.63, 3.8) is 0 Å². The van der Waals surface area contributed by atoms with E-state index in [1.165, 1.54) is 0 Å². The summed E-state index contributed by atoms with van der Waals surface area (Å²) in [7, 11) is 0. The first kappa shape index (κ1) is 15.0. The molecular formula is C15H23N3O2. The van der Waals surface area contributed by atoms with Gasteiger partial charge >= 0.3 is 0 Å². The molecule has 110 valence electrons. The molecule has 4 N–H and O–H groups in total. The van der Waals surface area contributed by atoms with E-state index >= 15 is 0 Å². The number of aliphatic hydroxyl groups excluding tert-OH is 1. The fraction of sp³-hybridized carbons (Fsp3) is 0.533. The lowest BCUT2D eigenvalue weighted by atomic mass is 9.97. The molecule has 2 rings (SSSR count). The number of hydrogen-bond acceptors (Lipinski definition) is 4. The second-order valence-electron chi connectivity index (χ2n) is 5.48. The van der Waals surface area contributed by atoms with Gasteiger partial charge in [-0.25, -0.2) is 0 Å². The summed E-state index contributed by atoms with van der Waals surface area (Å²) in [6.07, 6.45) is 0.487. The standard InChI is InChI=1S/C15H23N3O2/c1-11-9-18(7-6-14(11)19)10-15(20)17-13-5-3-2-4-12(13)8-16/h2-5,11,14,19H,6-10,16H2,1H3,(H,17,20). The molecule has 1 aliphatic heterocycles. The summed E-state index contributed by atoms with van der Waals surface area (Å²) in [5.74, 6) is 0.183. The number of aliphatic hydroxyl groups is 1. The fourth-order valence-corrected chi connectivity index (χ4v) is 2.58. The van der Waals surface area contributed by atoms with E-state index in [1.54, 1.807) is 0 Å². The minimum absolute atomic E-state index is 0.0329. The summed E-state index contributed by atoms with van der Waals surface area (Å²) in [6.45, 7) is 4.29. The van der Waals surface area contributed by atoms with Crippen LogP contribution in [0.3, 0.4) is 0 Å². The topological polar surface area (TPSA) is 78.6 Å². The van der Waals surface area contributed by atoms with Gasteiger partial charge in [0.25, 0.3) is 0 Å². The van der Waals surface area contributed by atoms with Gasteiger partial charge in [0, 0.05) is 25.3 Å². The van der Waals surface area contributed by atoms with Crippen molar-refractivity contribution < 1.29 is 9.90 Å². The van der Waals surface area contributed by atoms with Crippen LogP contribution in [0.25, 0.3) is 0 Å². The summed E-state index contributed by atoms with van der Waals surface area (Å²) in [5.41, 5.74) is 7.37. The number of hydrogen-bond donors (Lipinski definition) is 3. The predicted octanol–water partition coefficient (Wildman–Crippen LogP) is 0.787. The first-order chi connectivity index (χ1) is 9.60. The highest BCUT2D eigenvalue weighted by Gasteiger charge is 2.25. The molecule has 5 nitrogen and oxygen atoms in total. The molecule has 5 heteroatoms. The molecule has 0 spiro atoms. The average Bonchev–Trinajstić information content (AvgIpc) is 2.43. The Morgan fingerprint density at radius 2 is 2.25 bits per heavy atom. The highest BCUT2D eigenvalue weighted by atomic mass is 16.3. The average molecular weight is 277 g/mol. The lowest BCUT2D eigenvalue weighted by Crippen LogP contribution is -2.45. The van der Waals surface area contributed by atoms with E-state index in [9.17, 15) is 9.90 Å². The predicted molar refractivity (Wildman–Crippen MR) is 79.2 cm³/mol. The summed E-state index contributed by atoms with van der Waals surface area (Å²) in [6, 6.07) is 7.57. The van der Waals surface area contributed by atoms with Gasteiger partial charge in [-0.05, 0) is 24.0 Å². The molecule has 1 aromatic carbocycles. The van der Waals surface area contributed by atoms with Gasteiger partial charge < -0.3 is 16.2 Å². The molecule has 1 amide bonds. The molecular weight excluding hydrogens is 254 g/mol. The van der Waals surface area contributed by atoms with Gasteiger partial charge in [0.1, 0.15) is 0 Å². The molecule has 1 heterocycles. The molecule has 0 saturated carbocycles. The quantitative estimate of drug-likeness (QED) is 0.760. The van der Waals surface area contributed by atoms with Crippen LogP contribution in [0, 0.1) is 5.92 Å². The Labute approximate surface area is 119 Å². The van der Waals surface area contributed by atoms with Gasteiger partial charge in [0.2, 0.25) is 5.91 Å². The smallest absolute Gasteiger partial charge is 0.238 e. The normalized spacial score (nSPS) is 23.6. The second-order valence-corrected chi connectivity index (χ2v) is 5.48. The number of likely N-dealkylation sites (tertiary alicyclic amines) is 1. The van der Waals surface area contributed by atoms with Gasteiger partial charge in [-0.1, -0.05) is 25.1 Å². The monoisotopic (exact) mass is 277 g/mol. The molecule has 0 radical (unpaired) electrons. The van der Waals surface area contributed by atoms with Crippen molar-refractivity contribution in [1.29, 1.82) is 0 Å². The van der Waals surface area contributed by atoms with Gasteiger partial charge in [-0.2, -0.15) is 0 Å². The van der Waals surface area contributed by atoms with Gasteiger partial charge in [0.05, 0.1) is 12.6 Å². The molecule has 2 unspecified atom stereocenters. The molecule has 1 aromatic rings. The molecule has 0 aliphatic carbocycles. The number of nitrogens with zero attached hydrogens (tertiary/aromatic N) is 1. The van der Waals surface area contributed by atoms with Crippen LogP contribution in [0.4, 0.5) is 5.69 Å². The van der Waals surface area contributed by atoms with Crippen LogP contribution < -0.4 is 11.1 Å². The Kier molecular flexibility index (Phi) is 5.11. The Morgan fingerprint density at radius 1 is 1.50 bits per heavy atom. The van der Waals surface area contributed by atoms with Gasteiger partial charge in [-0.3, -0.25) is 9.69 Å². The number of nitrogens with two attached hydrogens (primary N) is 1. The van der Waals surface area contributed by atoms with E-state index in [1.807, 2.05) is 31.2 Å². The molecule has 0 aromatic heterocycles. The number of benzene rings is 1. The van der Waals surface area contributed by atoms with Crippen molar-refractivity contribution in [2.24, 2.45) is 11.7 Å². The lowest BCUT2D eigenvalue weighted by Gasteiger charge is -2.33. The number of anilines is 1. The number of rotatable bonds is 4. The van der Waals surface area contributed by atoms with Crippen LogP contribution in [-0.2, 0) is 11.3 Å². The molecule has 1 fully saturated rings. The van der Waals surface area contributed by atoms with Crippen LogP contribution in [0.15, 0.2) is 24.3 Å². The second kappa shape index (κ2) is 6.83. The zero-order valence-corrected chi connectivity index (χ0v) is 11.9. The van der Waals surface area contributed by atoms with Crippen molar-refractivity contribution in [2.45, 2.75) is 26.0 Å². The number of amides is 1. The zero-order valence-electron chi connectivity index (χ0n) is 11.9. The lowest BCUT2D eigenvalue weighted by molar-refractivity contribution is -0.118. The maximum absolute atomic E-state index is 12.1. The first-order valence-corrected chi connectivity index (χ1v) is 7.08. The molecule has 20 heavy (non-hydrogen) atoms. The number of para-hydroxylation sites is 1. The largest absolute Gasteiger partial charge is 0.393 e. The van der Waals surface area contributed by atoms with Gasteiger partial charge in [-0.15, -0.1) is 0 Å². The summed E-state index contributed by atoms with van der Waals surface area (Å²) >= 11 is 0. The Morgan fingerprint density at radius 3 is 2.95 bits per heavy atom. The Hall–Kier alpha value is -1.43. The van der Waals surface area contributed by atoms with E-state index in [0.29, 0.717) is 13.1 Å². The van der Waals surface area contributed by atoms with Crippen LogP contribution in [0.2, 0.25) is 0 Å². The fourth-order valence-electron chi connectivity index (χ4n) is 2.58. The Bertz CT molecular complexity index is 464. The number of piperidine rings is 1. The SMILES string of the molecule is CC1CN(CC(=O)Nc2ccccc2CN)CCC1O. The molecule has 1 aliphatic rings. The minimum Gasteiger partial charge on any atom is -0.393 e. The summed E-state index contributed by atoms with van der Waals surface area (Å²) in [5, 5.41) is 12.6. The van der Waals surface area contributed by atoms with Gasteiger partial charge in [0.15, 0.2) is 0 Å². The van der Waals surface area contributed by atoms with Crippen LogP contribution >= 0.6 is 0 Å². The minimum atomic E-state index is -0.243. The van der Waals surface area contributed by atoms with Crippen molar-refractivity contribution in [3.8, 4) is 0 Å². The third-order valence-corrected chi connectivity index (χ3v) is 3.82. The van der Waals surface area contributed by atoms with E-state index in [4.69, 9.17) is 5.73 Å². The van der Waals surface area contributed by atoms with Crippen LogP contribution in [0.5, 0.6) is 0 Å². The summed E-state index contributed by atoms with van der Waals surface area (Å²) in [4.78, 5) is 14.2. The summed E-state index contributed by atoms with van der Waals surface area (Å²) < 4.78 is 0. The van der Waals surface area contributed by atoms with Crippen molar-refractivity contribution in [2.75, 3.05) is 25.0 Å². The van der Waals surface area contributed by atoms with E-state index < -0.39 is 0 Å². The number of carbonyl (C=O) groups excluding carboxylic acids is 1. The van der Waals surface area contributed by atoms with E-state index in [0.717, 1.165) is 30.8 Å². The van der Waals surface area contributed by atoms with Crippen molar-refractivity contribution in [3.05, 3.63) is 29.8 Å².